The summed E-state index contributed by atoms with van der Waals surface area (Å²) in [5.41, 5.74) is 3.01. The monoisotopic (exact) mass is 425 g/mol. The van der Waals surface area contributed by atoms with E-state index in [9.17, 15) is 4.79 Å². The lowest BCUT2D eigenvalue weighted by molar-refractivity contribution is -0.107. The molecule has 3 heterocycles. The lowest BCUT2D eigenvalue weighted by Crippen LogP contribution is -2.24. The molecule has 1 N–H and O–H groups in total. The quantitative estimate of drug-likeness (QED) is 0.586. The predicted octanol–water partition coefficient (Wildman–Crippen LogP) is 2.83. The number of nitrogens with one attached hydrogen (secondary N) is 1. The first-order chi connectivity index (χ1) is 15.2. The third kappa shape index (κ3) is 5.71. The van der Waals surface area contributed by atoms with Crippen molar-refractivity contribution in [3.63, 3.8) is 0 Å². The van der Waals surface area contributed by atoms with Gasteiger partial charge in [0, 0.05) is 20.2 Å². The summed E-state index contributed by atoms with van der Waals surface area (Å²) in [5, 5.41) is 3.06. The van der Waals surface area contributed by atoms with E-state index in [1.54, 1.807) is 18.1 Å². The van der Waals surface area contributed by atoms with Crippen molar-refractivity contribution in [3.8, 4) is 6.01 Å². The van der Waals surface area contributed by atoms with E-state index in [1.165, 1.54) is 31.5 Å². The van der Waals surface area contributed by atoms with E-state index in [-0.39, 0.29) is 12.1 Å². The summed E-state index contributed by atoms with van der Waals surface area (Å²) < 4.78 is 11.3. The third-order valence-electron chi connectivity index (χ3n) is 5.82. The van der Waals surface area contributed by atoms with Crippen LogP contribution in [0, 0.1) is 0 Å². The molecule has 8 nitrogen and oxygen atoms in total. The number of likely N-dealkylation sites (tertiary alicyclic amines) is 1. The number of ether oxygens (including phenoxy) is 2. The standard InChI is InChI=1S/C23H31N5O3/c1-24-21-13-25-23(31-16-20-5-4-12-30-20)26-22(21)28(17-29)15-19-8-6-18(7-9-19)14-27-10-2-3-11-27/h6-9,13,17,20,24H,2-5,10-12,14-16H2,1H3. The van der Waals surface area contributed by atoms with Gasteiger partial charge in [-0.05, 0) is 49.9 Å². The van der Waals surface area contributed by atoms with Crippen molar-refractivity contribution < 1.29 is 14.3 Å². The summed E-state index contributed by atoms with van der Waals surface area (Å²) >= 11 is 0. The number of hydrogen-bond acceptors (Lipinski definition) is 7. The topological polar surface area (TPSA) is 79.8 Å². The van der Waals surface area contributed by atoms with Crippen molar-refractivity contribution >= 4 is 17.9 Å². The minimum Gasteiger partial charge on any atom is -0.461 e. The zero-order chi connectivity index (χ0) is 21.5. The molecule has 0 spiro atoms. The Kier molecular flexibility index (Phi) is 7.32. The molecule has 0 bridgehead atoms. The van der Waals surface area contributed by atoms with Crippen molar-refractivity contribution in [3.05, 3.63) is 41.6 Å². The molecule has 1 aromatic heterocycles. The highest BCUT2D eigenvalue weighted by Gasteiger charge is 2.19. The average Bonchev–Trinajstić information content (AvgIpc) is 3.51. The van der Waals surface area contributed by atoms with Crippen molar-refractivity contribution in [2.45, 2.75) is 44.9 Å². The maximum absolute atomic E-state index is 11.9. The molecule has 1 unspecified atom stereocenters. The van der Waals surface area contributed by atoms with Crippen LogP contribution >= 0.6 is 0 Å². The molecular weight excluding hydrogens is 394 g/mol. The Balaban J connectivity index is 1.42. The number of carbonyl (C=O) groups excluding carboxylic acids is 1. The number of rotatable bonds is 10. The van der Waals surface area contributed by atoms with Crippen LogP contribution in [-0.2, 0) is 22.6 Å². The van der Waals surface area contributed by atoms with Gasteiger partial charge in [0.15, 0.2) is 5.82 Å². The van der Waals surface area contributed by atoms with Crippen LogP contribution in [0.2, 0.25) is 0 Å². The van der Waals surface area contributed by atoms with Crippen molar-refractivity contribution in [1.29, 1.82) is 0 Å². The Morgan fingerprint density at radius 3 is 2.68 bits per heavy atom. The molecule has 8 heteroatoms. The van der Waals surface area contributed by atoms with Gasteiger partial charge in [-0.2, -0.15) is 4.98 Å². The lowest BCUT2D eigenvalue weighted by Gasteiger charge is -2.20. The van der Waals surface area contributed by atoms with Gasteiger partial charge < -0.3 is 14.8 Å². The second-order valence-corrected chi connectivity index (χ2v) is 8.12. The Labute approximate surface area is 183 Å². The number of anilines is 2. The van der Waals surface area contributed by atoms with E-state index in [2.05, 4.69) is 44.5 Å². The largest absolute Gasteiger partial charge is 0.461 e. The van der Waals surface area contributed by atoms with Gasteiger partial charge >= 0.3 is 6.01 Å². The molecule has 2 aromatic rings. The zero-order valence-corrected chi connectivity index (χ0v) is 18.1. The number of benzene rings is 1. The minimum atomic E-state index is 0.0808. The lowest BCUT2D eigenvalue weighted by atomic mass is 10.1. The maximum Gasteiger partial charge on any atom is 0.318 e. The van der Waals surface area contributed by atoms with Crippen LogP contribution in [0.1, 0.15) is 36.8 Å². The second kappa shape index (κ2) is 10.5. The number of carbonyl (C=O) groups is 1. The maximum atomic E-state index is 11.9. The molecular formula is C23H31N5O3. The van der Waals surface area contributed by atoms with E-state index in [0.717, 1.165) is 38.0 Å². The number of amides is 1. The van der Waals surface area contributed by atoms with Gasteiger partial charge in [0.2, 0.25) is 6.41 Å². The highest BCUT2D eigenvalue weighted by molar-refractivity contribution is 5.80. The Morgan fingerprint density at radius 2 is 2.00 bits per heavy atom. The fourth-order valence-electron chi connectivity index (χ4n) is 4.07. The first-order valence-electron chi connectivity index (χ1n) is 11.1. The van der Waals surface area contributed by atoms with Gasteiger partial charge in [0.25, 0.3) is 0 Å². The zero-order valence-electron chi connectivity index (χ0n) is 18.1. The molecule has 0 saturated carbocycles. The van der Waals surface area contributed by atoms with E-state index < -0.39 is 0 Å². The normalized spacial score (nSPS) is 18.8. The summed E-state index contributed by atoms with van der Waals surface area (Å²) in [4.78, 5) is 24.7. The van der Waals surface area contributed by atoms with Gasteiger partial charge in [-0.25, -0.2) is 4.98 Å². The first kappa shape index (κ1) is 21.5. The summed E-state index contributed by atoms with van der Waals surface area (Å²) in [6.07, 6.45) is 7.13. The summed E-state index contributed by atoms with van der Waals surface area (Å²) in [6.45, 7) is 4.95. The molecule has 166 valence electrons. The minimum absolute atomic E-state index is 0.0808. The van der Waals surface area contributed by atoms with Crippen LogP contribution in [0.5, 0.6) is 6.01 Å². The molecule has 2 aliphatic rings. The summed E-state index contributed by atoms with van der Waals surface area (Å²) in [6, 6.07) is 8.70. The summed E-state index contributed by atoms with van der Waals surface area (Å²) in [5.74, 6) is 0.496. The molecule has 2 saturated heterocycles. The van der Waals surface area contributed by atoms with Gasteiger partial charge in [0.1, 0.15) is 6.61 Å². The predicted molar refractivity (Wildman–Crippen MR) is 119 cm³/mol. The average molecular weight is 426 g/mol. The van der Waals surface area contributed by atoms with Crippen molar-refractivity contribution in [2.24, 2.45) is 0 Å². The first-order valence-corrected chi connectivity index (χ1v) is 11.1. The molecule has 0 radical (unpaired) electrons. The Morgan fingerprint density at radius 1 is 1.23 bits per heavy atom. The summed E-state index contributed by atoms with van der Waals surface area (Å²) in [7, 11) is 1.78. The van der Waals surface area contributed by atoms with Gasteiger partial charge in [-0.15, -0.1) is 0 Å². The molecule has 2 fully saturated rings. The molecule has 0 aliphatic carbocycles. The Hall–Kier alpha value is -2.71. The van der Waals surface area contributed by atoms with Gasteiger partial charge in [-0.1, -0.05) is 24.3 Å². The van der Waals surface area contributed by atoms with E-state index in [0.29, 0.717) is 24.7 Å². The van der Waals surface area contributed by atoms with Crippen LogP contribution in [0.4, 0.5) is 11.5 Å². The SMILES string of the molecule is CNc1cnc(OCC2CCCO2)nc1N(C=O)Cc1ccc(CN2CCCC2)cc1. The smallest absolute Gasteiger partial charge is 0.318 e. The number of hydrogen-bond donors (Lipinski definition) is 1. The van der Waals surface area contributed by atoms with E-state index >= 15 is 0 Å². The second-order valence-electron chi connectivity index (χ2n) is 8.12. The van der Waals surface area contributed by atoms with E-state index in [4.69, 9.17) is 9.47 Å². The Bertz CT molecular complexity index is 849. The fraction of sp³-hybridized carbons (Fsp3) is 0.522. The van der Waals surface area contributed by atoms with Crippen LogP contribution < -0.4 is 15.0 Å². The molecule has 1 amide bonds. The highest BCUT2D eigenvalue weighted by Crippen LogP contribution is 2.26. The van der Waals surface area contributed by atoms with Crippen LogP contribution in [-0.4, -0.2) is 60.7 Å². The van der Waals surface area contributed by atoms with Gasteiger partial charge in [0.05, 0.1) is 24.5 Å². The number of nitrogens with zero attached hydrogens (tertiary/aromatic N) is 4. The molecule has 1 aromatic carbocycles. The van der Waals surface area contributed by atoms with Crippen LogP contribution in [0.25, 0.3) is 0 Å². The van der Waals surface area contributed by atoms with E-state index in [1.807, 2.05) is 0 Å². The van der Waals surface area contributed by atoms with Crippen LogP contribution in [0.3, 0.4) is 0 Å². The molecule has 4 rings (SSSR count). The number of aromatic nitrogens is 2. The molecule has 2 aliphatic heterocycles. The van der Waals surface area contributed by atoms with Crippen molar-refractivity contribution in [2.75, 3.05) is 43.6 Å². The highest BCUT2D eigenvalue weighted by atomic mass is 16.5. The van der Waals surface area contributed by atoms with Gasteiger partial charge in [-0.3, -0.25) is 14.6 Å². The molecule has 1 atom stereocenters. The fourth-order valence-corrected chi connectivity index (χ4v) is 4.07. The van der Waals surface area contributed by atoms with Crippen LogP contribution in [0.15, 0.2) is 30.5 Å². The van der Waals surface area contributed by atoms with Crippen molar-refractivity contribution in [1.82, 2.24) is 14.9 Å². The third-order valence-corrected chi connectivity index (χ3v) is 5.82. The molecule has 31 heavy (non-hydrogen) atoms.